The van der Waals surface area contributed by atoms with Crippen LogP contribution in [0, 0.1) is 0 Å². The van der Waals surface area contributed by atoms with Gasteiger partial charge in [0.15, 0.2) is 0 Å². The molecule has 1 unspecified atom stereocenters. The summed E-state index contributed by atoms with van der Waals surface area (Å²) in [7, 11) is 0. The number of aliphatic hydroxyl groups excluding tert-OH is 1. The highest BCUT2D eigenvalue weighted by molar-refractivity contribution is 5.98. The number of nitrogens with zero attached hydrogens (tertiary/aromatic N) is 1. The molecule has 0 saturated heterocycles. The Hall–Kier alpha value is -0.370. The third-order valence-corrected chi connectivity index (χ3v) is 0.947. The molecule has 1 N–H and O–H groups in total. The summed E-state index contributed by atoms with van der Waals surface area (Å²) in [6, 6.07) is 0.199. The normalized spacial score (nSPS) is 29.7. The van der Waals surface area contributed by atoms with Crippen LogP contribution in [0.3, 0.4) is 0 Å². The molecule has 1 aliphatic rings. The number of aliphatic imine (C=N–C) groups is 1. The van der Waals surface area contributed by atoms with E-state index in [-0.39, 0.29) is 12.6 Å². The van der Waals surface area contributed by atoms with Gasteiger partial charge >= 0.3 is 0 Å². The predicted octanol–water partition coefficient (Wildman–Crippen LogP) is -0.178. The monoisotopic (exact) mass is 85.1 g/mol. The maximum atomic E-state index is 8.26. The van der Waals surface area contributed by atoms with Crippen molar-refractivity contribution in [3.05, 3.63) is 0 Å². The Morgan fingerprint density at radius 3 is 2.50 bits per heavy atom. The molecule has 0 saturated carbocycles. The van der Waals surface area contributed by atoms with Gasteiger partial charge in [0, 0.05) is 5.71 Å². The molecule has 0 radical (unpaired) electrons. The Labute approximate surface area is 36.5 Å². The second kappa shape index (κ2) is 1.05. The molecule has 0 aromatic carbocycles. The summed E-state index contributed by atoms with van der Waals surface area (Å²) in [6.07, 6.45) is 0. The fraction of sp³-hybridized carbons (Fsp3) is 0.750. The van der Waals surface area contributed by atoms with Gasteiger partial charge < -0.3 is 5.11 Å². The van der Waals surface area contributed by atoms with E-state index in [0.717, 1.165) is 5.71 Å². The van der Waals surface area contributed by atoms with Crippen LogP contribution in [-0.4, -0.2) is 23.5 Å². The maximum absolute atomic E-state index is 8.26. The average Bonchev–Trinajstić information content (AvgIpc) is 2.19. The van der Waals surface area contributed by atoms with E-state index in [1.165, 1.54) is 0 Å². The lowest BCUT2D eigenvalue weighted by Crippen LogP contribution is -1.97. The molecule has 0 amide bonds. The largest absolute Gasteiger partial charge is 0.394 e. The van der Waals surface area contributed by atoms with E-state index in [9.17, 15) is 0 Å². The van der Waals surface area contributed by atoms with Crippen molar-refractivity contribution in [3.8, 4) is 0 Å². The van der Waals surface area contributed by atoms with Crippen LogP contribution in [0.5, 0.6) is 0 Å². The summed E-state index contributed by atoms with van der Waals surface area (Å²) in [5, 5.41) is 8.26. The maximum Gasteiger partial charge on any atom is 0.110 e. The first-order valence-electron chi connectivity index (χ1n) is 1.99. The smallest absolute Gasteiger partial charge is 0.110 e. The molecule has 1 aliphatic heterocycles. The highest BCUT2D eigenvalue weighted by atomic mass is 16.3. The predicted molar refractivity (Wildman–Crippen MR) is 24.0 cm³/mol. The van der Waals surface area contributed by atoms with Crippen molar-refractivity contribution >= 4 is 5.71 Å². The van der Waals surface area contributed by atoms with E-state index in [1.54, 1.807) is 0 Å². The molecule has 6 heavy (non-hydrogen) atoms. The molecule has 2 nitrogen and oxygen atoms in total. The van der Waals surface area contributed by atoms with Crippen LogP contribution < -0.4 is 0 Å². The summed E-state index contributed by atoms with van der Waals surface area (Å²) in [6.45, 7) is 2.12. The summed E-state index contributed by atoms with van der Waals surface area (Å²) >= 11 is 0. The molecule has 0 aliphatic carbocycles. The molecule has 2 heteroatoms. The minimum atomic E-state index is 0.199. The Bertz CT molecular complexity index is 87.5. The molecular weight excluding hydrogens is 78.0 g/mol. The highest BCUT2D eigenvalue weighted by Crippen LogP contribution is 2.07. The van der Waals surface area contributed by atoms with E-state index in [4.69, 9.17) is 5.11 Å². The fourth-order valence-corrected chi connectivity index (χ4v) is 0.381. The average molecular weight is 85.1 g/mol. The summed E-state index contributed by atoms with van der Waals surface area (Å²) in [5.41, 5.74) is 1.08. The van der Waals surface area contributed by atoms with Gasteiger partial charge in [-0.1, -0.05) is 0 Å². The zero-order valence-electron chi connectivity index (χ0n) is 3.68. The Morgan fingerprint density at radius 1 is 2.00 bits per heavy atom. The number of hydrogen-bond donors (Lipinski definition) is 1. The lowest BCUT2D eigenvalue weighted by Gasteiger charge is -1.77. The van der Waals surface area contributed by atoms with Gasteiger partial charge in [-0.3, -0.25) is 4.99 Å². The van der Waals surface area contributed by atoms with E-state index in [2.05, 4.69) is 4.99 Å². The van der Waals surface area contributed by atoms with Gasteiger partial charge in [-0.25, -0.2) is 0 Å². The van der Waals surface area contributed by atoms with E-state index >= 15 is 0 Å². The van der Waals surface area contributed by atoms with Crippen LogP contribution in [0.2, 0.25) is 0 Å². The minimum Gasteiger partial charge on any atom is -0.394 e. The summed E-state index contributed by atoms with van der Waals surface area (Å²) < 4.78 is 0. The molecule has 0 spiro atoms. The van der Waals surface area contributed by atoms with Crippen LogP contribution >= 0.6 is 0 Å². The van der Waals surface area contributed by atoms with Gasteiger partial charge in [0.2, 0.25) is 0 Å². The molecule has 0 aromatic heterocycles. The minimum absolute atomic E-state index is 0.199. The van der Waals surface area contributed by atoms with E-state index < -0.39 is 0 Å². The van der Waals surface area contributed by atoms with Gasteiger partial charge in [-0.05, 0) is 6.92 Å². The van der Waals surface area contributed by atoms with Crippen LogP contribution in [0.1, 0.15) is 6.92 Å². The summed E-state index contributed by atoms with van der Waals surface area (Å²) in [5.74, 6) is 0. The molecule has 0 fully saturated rings. The molecular formula is C4H7NO. The second-order valence-corrected chi connectivity index (χ2v) is 1.47. The van der Waals surface area contributed by atoms with Crippen LogP contribution in [0.15, 0.2) is 4.99 Å². The first-order valence-corrected chi connectivity index (χ1v) is 1.99. The summed E-state index contributed by atoms with van der Waals surface area (Å²) in [4.78, 5) is 3.84. The zero-order chi connectivity index (χ0) is 4.57. The lowest BCUT2D eigenvalue weighted by atomic mass is 10.4. The van der Waals surface area contributed by atoms with Gasteiger partial charge in [0.25, 0.3) is 0 Å². The molecule has 1 heterocycles. The van der Waals surface area contributed by atoms with Crippen LogP contribution in [0.4, 0.5) is 0 Å². The Kier molecular flexibility index (Phi) is 0.665. The zero-order valence-corrected chi connectivity index (χ0v) is 3.68. The van der Waals surface area contributed by atoms with Crippen molar-refractivity contribution in [2.45, 2.75) is 13.0 Å². The van der Waals surface area contributed by atoms with E-state index in [1.807, 2.05) is 6.92 Å². The SMILES string of the molecule is CC1=NC1CO. The number of aliphatic hydroxyl groups is 1. The Morgan fingerprint density at radius 2 is 2.50 bits per heavy atom. The number of rotatable bonds is 1. The van der Waals surface area contributed by atoms with Crippen molar-refractivity contribution in [3.63, 3.8) is 0 Å². The van der Waals surface area contributed by atoms with Gasteiger partial charge in [-0.2, -0.15) is 0 Å². The molecule has 1 atom stereocenters. The first-order chi connectivity index (χ1) is 2.84. The van der Waals surface area contributed by atoms with Gasteiger partial charge in [-0.15, -0.1) is 0 Å². The van der Waals surface area contributed by atoms with Crippen molar-refractivity contribution < 1.29 is 5.11 Å². The lowest BCUT2D eigenvalue weighted by molar-refractivity contribution is 0.301. The van der Waals surface area contributed by atoms with Crippen molar-refractivity contribution in [2.75, 3.05) is 6.61 Å². The Balaban J connectivity index is 2.18. The second-order valence-electron chi connectivity index (χ2n) is 1.47. The molecule has 0 aromatic rings. The van der Waals surface area contributed by atoms with Crippen molar-refractivity contribution in [1.82, 2.24) is 0 Å². The standard InChI is InChI=1S/C4H7NO/c1-3-4(2-6)5-3/h4,6H,2H2,1H3. The topological polar surface area (TPSA) is 32.6 Å². The van der Waals surface area contributed by atoms with Crippen LogP contribution in [0.25, 0.3) is 0 Å². The van der Waals surface area contributed by atoms with E-state index in [0.29, 0.717) is 0 Å². The molecule has 0 bridgehead atoms. The third-order valence-electron chi connectivity index (χ3n) is 0.947. The molecule has 1 rings (SSSR count). The van der Waals surface area contributed by atoms with Gasteiger partial charge in [0.05, 0.1) is 6.61 Å². The molecule has 34 valence electrons. The van der Waals surface area contributed by atoms with Crippen molar-refractivity contribution in [2.24, 2.45) is 4.99 Å². The third kappa shape index (κ3) is 0.431. The van der Waals surface area contributed by atoms with Crippen LogP contribution in [-0.2, 0) is 0 Å². The first kappa shape index (κ1) is 3.81. The quantitative estimate of drug-likeness (QED) is 0.470. The van der Waals surface area contributed by atoms with Crippen molar-refractivity contribution in [1.29, 1.82) is 0 Å². The van der Waals surface area contributed by atoms with Gasteiger partial charge in [0.1, 0.15) is 6.04 Å². The fourth-order valence-electron chi connectivity index (χ4n) is 0.381. The highest BCUT2D eigenvalue weighted by Gasteiger charge is 2.19. The number of hydrogen-bond acceptors (Lipinski definition) is 2.